The van der Waals surface area contributed by atoms with E-state index >= 15 is 0 Å². The third-order valence-corrected chi connectivity index (χ3v) is 4.23. The van der Waals surface area contributed by atoms with Crippen LogP contribution in [0.5, 0.6) is 0 Å². The van der Waals surface area contributed by atoms with Gasteiger partial charge in [0.15, 0.2) is 6.61 Å². The van der Waals surface area contributed by atoms with Crippen LogP contribution >= 0.6 is 11.8 Å². The fourth-order valence-electron chi connectivity index (χ4n) is 1.87. The van der Waals surface area contributed by atoms with E-state index in [1.54, 1.807) is 18.2 Å². The van der Waals surface area contributed by atoms with E-state index in [2.05, 4.69) is 10.6 Å². The van der Waals surface area contributed by atoms with Gasteiger partial charge in [0.25, 0.3) is 5.91 Å². The number of esters is 1. The minimum absolute atomic E-state index is 0.0954. The second kappa shape index (κ2) is 7.31. The first-order chi connectivity index (χ1) is 10.5. The zero-order valence-electron chi connectivity index (χ0n) is 12.5. The van der Waals surface area contributed by atoms with Crippen LogP contribution < -0.4 is 10.6 Å². The minimum atomic E-state index is -0.590. The first kappa shape index (κ1) is 16.4. The number of hydrogen-bond donors (Lipinski definition) is 2. The summed E-state index contributed by atoms with van der Waals surface area (Å²) in [7, 11) is 0. The van der Waals surface area contributed by atoms with Gasteiger partial charge in [0, 0.05) is 11.4 Å². The molecule has 0 spiro atoms. The topological polar surface area (TPSA) is 84.5 Å². The van der Waals surface area contributed by atoms with E-state index in [0.717, 1.165) is 11.3 Å². The van der Waals surface area contributed by atoms with Crippen LogP contribution in [0.1, 0.15) is 30.6 Å². The van der Waals surface area contributed by atoms with Crippen LogP contribution in [0.2, 0.25) is 0 Å². The molecule has 0 radical (unpaired) electrons. The van der Waals surface area contributed by atoms with Gasteiger partial charge >= 0.3 is 5.97 Å². The van der Waals surface area contributed by atoms with Crippen molar-refractivity contribution in [1.82, 2.24) is 5.32 Å². The molecule has 1 aromatic carbocycles. The molecule has 2 rings (SSSR count). The van der Waals surface area contributed by atoms with Gasteiger partial charge in [-0.05, 0) is 31.5 Å². The molecule has 1 aliphatic rings. The zero-order valence-corrected chi connectivity index (χ0v) is 13.3. The summed E-state index contributed by atoms with van der Waals surface area (Å²) in [6, 6.07) is 4.96. The highest BCUT2D eigenvalue weighted by Crippen LogP contribution is 2.35. The van der Waals surface area contributed by atoms with Crippen molar-refractivity contribution in [2.24, 2.45) is 0 Å². The summed E-state index contributed by atoms with van der Waals surface area (Å²) in [5.74, 6) is -1.01. The first-order valence-corrected chi connectivity index (χ1v) is 7.94. The minimum Gasteiger partial charge on any atom is -0.452 e. The molecule has 1 aliphatic heterocycles. The predicted octanol–water partition coefficient (Wildman–Crippen LogP) is 1.80. The highest BCUT2D eigenvalue weighted by atomic mass is 32.2. The molecule has 1 aromatic rings. The average Bonchev–Trinajstić information content (AvgIpc) is 2.51. The molecule has 0 saturated carbocycles. The number of fused-ring (bicyclic) bond motifs is 1. The molecule has 7 heteroatoms. The number of benzene rings is 1. The lowest BCUT2D eigenvalue weighted by Crippen LogP contribution is -2.29. The molecule has 0 unspecified atom stereocenters. The molecule has 1 heterocycles. The van der Waals surface area contributed by atoms with Crippen LogP contribution in [-0.2, 0) is 14.3 Å². The van der Waals surface area contributed by atoms with Crippen LogP contribution in [0.4, 0.5) is 5.69 Å². The molecule has 0 aliphatic carbocycles. The first-order valence-electron chi connectivity index (χ1n) is 7.06. The van der Waals surface area contributed by atoms with Crippen molar-refractivity contribution >= 4 is 35.2 Å². The van der Waals surface area contributed by atoms with E-state index in [9.17, 15) is 14.4 Å². The van der Waals surface area contributed by atoms with E-state index in [0.29, 0.717) is 17.8 Å². The Bertz CT molecular complexity index is 603. The number of carbonyl (C=O) groups excluding carboxylic acids is 3. The standard InChI is InChI=1S/C15H18N2O4S/c1-3-6-16-13(18)8-21-15(20)10-4-5-12-11(7-10)17-14(19)9(2)22-12/h4-5,7,9H,3,6,8H2,1-2H3,(H,16,18)(H,17,19)/t9-/m1/s1. The second-order valence-electron chi connectivity index (χ2n) is 4.89. The largest absolute Gasteiger partial charge is 0.452 e. The number of anilines is 1. The summed E-state index contributed by atoms with van der Waals surface area (Å²) in [5.41, 5.74) is 0.899. The zero-order chi connectivity index (χ0) is 16.1. The smallest absolute Gasteiger partial charge is 0.338 e. The van der Waals surface area contributed by atoms with Gasteiger partial charge in [-0.1, -0.05) is 6.92 Å². The van der Waals surface area contributed by atoms with Crippen molar-refractivity contribution < 1.29 is 19.1 Å². The molecular weight excluding hydrogens is 304 g/mol. The number of ether oxygens (including phenoxy) is 1. The van der Waals surface area contributed by atoms with E-state index < -0.39 is 5.97 Å². The summed E-state index contributed by atoms with van der Waals surface area (Å²) in [6.45, 7) is 4.00. The molecule has 0 bridgehead atoms. The van der Waals surface area contributed by atoms with Crippen molar-refractivity contribution in [1.29, 1.82) is 0 Å². The number of thioether (sulfide) groups is 1. The molecular formula is C15H18N2O4S. The summed E-state index contributed by atoms with van der Waals surface area (Å²) in [5, 5.41) is 5.21. The lowest BCUT2D eigenvalue weighted by molar-refractivity contribution is -0.124. The third kappa shape index (κ3) is 4.00. The normalized spacial score (nSPS) is 16.5. The van der Waals surface area contributed by atoms with Gasteiger partial charge in [-0.25, -0.2) is 4.79 Å². The summed E-state index contributed by atoms with van der Waals surface area (Å²) in [6.07, 6.45) is 0.820. The molecule has 0 aromatic heterocycles. The van der Waals surface area contributed by atoms with Crippen molar-refractivity contribution in [3.63, 3.8) is 0 Å². The van der Waals surface area contributed by atoms with E-state index in [1.165, 1.54) is 11.8 Å². The number of hydrogen-bond acceptors (Lipinski definition) is 5. The number of rotatable bonds is 5. The Morgan fingerprint density at radius 1 is 1.41 bits per heavy atom. The quantitative estimate of drug-likeness (QED) is 0.808. The number of carbonyl (C=O) groups is 3. The Morgan fingerprint density at radius 3 is 2.91 bits per heavy atom. The van der Waals surface area contributed by atoms with Gasteiger partial charge in [0.05, 0.1) is 16.5 Å². The lowest BCUT2D eigenvalue weighted by Gasteiger charge is -2.21. The van der Waals surface area contributed by atoms with E-state index in [4.69, 9.17) is 4.74 Å². The highest BCUT2D eigenvalue weighted by Gasteiger charge is 2.24. The number of nitrogens with one attached hydrogen (secondary N) is 2. The fourth-order valence-corrected chi connectivity index (χ4v) is 2.80. The maximum Gasteiger partial charge on any atom is 0.338 e. The number of amides is 2. The van der Waals surface area contributed by atoms with Crippen molar-refractivity contribution in [3.8, 4) is 0 Å². The van der Waals surface area contributed by atoms with Gasteiger partial charge in [-0.2, -0.15) is 0 Å². The van der Waals surface area contributed by atoms with Gasteiger partial charge in [-0.3, -0.25) is 9.59 Å². The average molecular weight is 322 g/mol. The van der Waals surface area contributed by atoms with Gasteiger partial charge in [-0.15, -0.1) is 11.8 Å². The maximum absolute atomic E-state index is 11.9. The lowest BCUT2D eigenvalue weighted by atomic mass is 10.2. The fraction of sp³-hybridized carbons (Fsp3) is 0.400. The van der Waals surface area contributed by atoms with E-state index in [-0.39, 0.29) is 23.7 Å². The molecule has 2 N–H and O–H groups in total. The van der Waals surface area contributed by atoms with Crippen LogP contribution in [0, 0.1) is 0 Å². The Balaban J connectivity index is 1.98. The highest BCUT2D eigenvalue weighted by molar-refractivity contribution is 8.00. The molecule has 0 fully saturated rings. The Kier molecular flexibility index (Phi) is 5.43. The molecule has 0 saturated heterocycles. The van der Waals surface area contributed by atoms with Crippen LogP contribution in [0.15, 0.2) is 23.1 Å². The molecule has 2 amide bonds. The van der Waals surface area contributed by atoms with Gasteiger partial charge < -0.3 is 15.4 Å². The molecule has 118 valence electrons. The monoisotopic (exact) mass is 322 g/mol. The molecule has 1 atom stereocenters. The Labute approximate surface area is 133 Å². The summed E-state index contributed by atoms with van der Waals surface area (Å²) < 4.78 is 4.96. The summed E-state index contributed by atoms with van der Waals surface area (Å²) >= 11 is 1.44. The SMILES string of the molecule is CCCNC(=O)COC(=O)c1ccc2c(c1)NC(=O)[C@@H](C)S2. The Morgan fingerprint density at radius 2 is 2.18 bits per heavy atom. The third-order valence-electron chi connectivity index (χ3n) is 3.05. The maximum atomic E-state index is 11.9. The van der Waals surface area contributed by atoms with Crippen molar-refractivity contribution in [3.05, 3.63) is 23.8 Å². The van der Waals surface area contributed by atoms with Crippen LogP contribution in [0.25, 0.3) is 0 Å². The van der Waals surface area contributed by atoms with Crippen LogP contribution in [0.3, 0.4) is 0 Å². The Hall–Kier alpha value is -2.02. The van der Waals surface area contributed by atoms with E-state index in [1.807, 2.05) is 13.8 Å². The molecule has 22 heavy (non-hydrogen) atoms. The van der Waals surface area contributed by atoms with Gasteiger partial charge in [0.2, 0.25) is 5.91 Å². The van der Waals surface area contributed by atoms with Gasteiger partial charge in [0.1, 0.15) is 0 Å². The second-order valence-corrected chi connectivity index (χ2v) is 6.27. The predicted molar refractivity (Wildman–Crippen MR) is 84.0 cm³/mol. The van der Waals surface area contributed by atoms with Crippen molar-refractivity contribution in [2.45, 2.75) is 30.4 Å². The van der Waals surface area contributed by atoms with Crippen LogP contribution in [-0.4, -0.2) is 36.2 Å². The van der Waals surface area contributed by atoms with Crippen molar-refractivity contribution in [2.75, 3.05) is 18.5 Å². The molecule has 6 nitrogen and oxygen atoms in total. The summed E-state index contributed by atoms with van der Waals surface area (Å²) in [4.78, 5) is 35.9.